The normalized spacial score (nSPS) is 12.6. The molecular weight excluding hydrogens is 1840 g/mol. The van der Waals surface area contributed by atoms with Gasteiger partial charge in [0.1, 0.15) is 31.3 Å². The number of rotatable bonds is 20. The van der Waals surface area contributed by atoms with Gasteiger partial charge in [0, 0.05) is 106 Å². The maximum atomic E-state index is 6.99. The molecule has 0 amide bonds. The predicted molar refractivity (Wildman–Crippen MR) is 589 cm³/mol. The molecule has 1 aliphatic rings. The molecule has 0 radical (unpaired) electrons. The number of fused-ring (bicyclic) bond motifs is 9. The van der Waals surface area contributed by atoms with Crippen LogP contribution >= 0.6 is 79.4 Å². The quantitative estimate of drug-likeness (QED) is 0.0729. The lowest BCUT2D eigenvalue weighted by Gasteiger charge is -2.27. The summed E-state index contributed by atoms with van der Waals surface area (Å²) >= 11 is 12.2. The van der Waals surface area contributed by atoms with Crippen molar-refractivity contribution in [1.29, 1.82) is 0 Å². The van der Waals surface area contributed by atoms with Gasteiger partial charge in [-0.1, -0.05) is 140 Å². The summed E-state index contributed by atoms with van der Waals surface area (Å²) in [6.07, 6.45) is -0.355. The third-order valence-corrected chi connectivity index (χ3v) is 33.5. The van der Waals surface area contributed by atoms with Crippen molar-refractivity contribution in [2.45, 2.75) is 6.23 Å². The van der Waals surface area contributed by atoms with E-state index in [2.05, 4.69) is 443 Å². The number of hydrogen-bond acceptors (Lipinski definition) is 18. The molecule has 0 spiro atoms. The van der Waals surface area contributed by atoms with Crippen LogP contribution in [0.5, 0.6) is 5.75 Å². The molecule has 139 heavy (non-hydrogen) atoms. The molecule has 18 aromatic carbocycles. The minimum Gasteiger partial charge on any atom is -0.464 e. The first-order chi connectivity index (χ1) is 68.6. The Bertz CT molecular complexity index is 9090. The molecule has 1 unspecified atom stereocenters. The van der Waals surface area contributed by atoms with Crippen molar-refractivity contribution in [3.8, 4) is 115 Å². The van der Waals surface area contributed by atoms with Crippen molar-refractivity contribution >= 4 is 218 Å². The average Bonchev–Trinajstić information content (AvgIpc) is 1.67. The van der Waals surface area contributed by atoms with Crippen LogP contribution in [0.1, 0.15) is 11.8 Å². The van der Waals surface area contributed by atoms with E-state index < -0.39 is 0 Å². The van der Waals surface area contributed by atoms with Gasteiger partial charge in [-0.15, -0.1) is 79.4 Å². The van der Waals surface area contributed by atoms with E-state index in [1.165, 1.54) is 67.5 Å². The highest BCUT2D eigenvalue weighted by molar-refractivity contribution is 7.23. The van der Waals surface area contributed by atoms with Gasteiger partial charge in [-0.05, 0) is 361 Å². The largest absolute Gasteiger partial charge is 0.464 e. The summed E-state index contributed by atoms with van der Waals surface area (Å²) < 4.78 is 22.1. The maximum Gasteiger partial charge on any atom is 0.227 e. The van der Waals surface area contributed by atoms with Crippen molar-refractivity contribution < 1.29 is 9.15 Å². The van der Waals surface area contributed by atoms with E-state index in [0.717, 1.165) is 181 Å². The monoisotopic (exact) mass is 1910 g/mol. The van der Waals surface area contributed by atoms with Crippen LogP contribution in [0.4, 0.5) is 56.9 Å². The van der Waals surface area contributed by atoms with Gasteiger partial charge in [0.15, 0.2) is 11.8 Å². The molecule has 658 valence electrons. The highest BCUT2D eigenvalue weighted by atomic mass is 32.1. The van der Waals surface area contributed by atoms with Crippen molar-refractivity contribution in [3.05, 3.63) is 434 Å². The number of aromatic nitrogens is 5. The number of oxazole rings is 1. The number of hydrogen-bond donors (Lipinski definition) is 0. The van der Waals surface area contributed by atoms with Gasteiger partial charge in [-0.25, -0.2) is 24.9 Å². The van der Waals surface area contributed by atoms with Gasteiger partial charge in [0.25, 0.3) is 0 Å². The molecule has 11 nitrogen and oxygen atoms in total. The Morgan fingerprint density at radius 3 is 1.06 bits per heavy atom. The van der Waals surface area contributed by atoms with Gasteiger partial charge < -0.3 is 28.8 Å². The standard InChI is InChI=1S/C121H75N9O2S7/c1-127-106-60-37-86(88-36-59-105-113(72-88)139-120(126-105)81-28-51-95(52-29-81)128(90-39-16-73(17-40-90)84-38-61-109-89(68-84)64-65-133-109)94-47-24-79(25-48-94)117-123-102-12-2-4-14-110(102)136-117)70-108(106)132-121(127)83-32-55-98(56-33-83)129(91-41-18-74(19-42-91)99-10-6-8-76-62-66-134-114(76)99)93-45-22-78(23-46-93)116-122-101-57-34-85(69-107(101)131-116)87-35-58-104-112(71-87)138-119(125-104)82-30-53-97(54-31-82)130(92-43-20-75(21-44-92)100-11-7-9-77-63-67-135-115(77)100)96-49-26-80(27-50-96)118-124-103-13-3-5-15-111(103)137-118/h2-72,121H,1H3. The SMILES string of the molecule is CN1c2ccc(-c3ccc4nc(-c5ccc(N(c6ccc(-c7ccc8sccc8c7)cc6)c6ccc(-c7nc8ccccc8s7)cc6)cc5)sc4c3)cc2OC1c1ccc(N(c2ccc(-c3nc4ccc(-c5ccc6nc(-c7ccc(N(c8ccc(-c9nc%10ccccc%10s9)cc8)c8ccc(-c9cccc%10ccsc9%10)cc8)cc7)sc6c5)cc4o3)cc2)c2ccc(-c3cccc4ccsc34)cc2)cc1. The third-order valence-electron chi connectivity index (χ3n) is 26.4. The second kappa shape index (κ2) is 34.3. The number of benzene rings is 18. The third kappa shape index (κ3) is 15.2. The van der Waals surface area contributed by atoms with Crippen LogP contribution in [0.2, 0.25) is 0 Å². The van der Waals surface area contributed by atoms with E-state index in [0.29, 0.717) is 11.5 Å². The van der Waals surface area contributed by atoms with Crippen molar-refractivity contribution in [1.82, 2.24) is 24.9 Å². The fraction of sp³-hybridized carbons (Fsp3) is 0.0165. The molecule has 0 saturated heterocycles. The van der Waals surface area contributed by atoms with Crippen LogP contribution in [-0.2, 0) is 0 Å². The lowest BCUT2D eigenvalue weighted by atomic mass is 10.0. The molecule has 27 rings (SSSR count). The summed E-state index contributed by atoms with van der Waals surface area (Å²) in [5.41, 5.74) is 33.4. The molecule has 0 fully saturated rings. The van der Waals surface area contributed by atoms with Crippen molar-refractivity contribution in [3.63, 3.8) is 0 Å². The van der Waals surface area contributed by atoms with Gasteiger partial charge in [-0.2, -0.15) is 0 Å². The van der Waals surface area contributed by atoms with Gasteiger partial charge in [0.2, 0.25) is 5.89 Å². The van der Waals surface area contributed by atoms with Gasteiger partial charge in [-0.3, -0.25) is 0 Å². The lowest BCUT2D eigenvalue weighted by Crippen LogP contribution is -2.22. The van der Waals surface area contributed by atoms with Crippen LogP contribution in [0, 0.1) is 0 Å². The van der Waals surface area contributed by atoms with E-state index in [4.69, 9.17) is 34.1 Å². The van der Waals surface area contributed by atoms with Gasteiger partial charge >= 0.3 is 0 Å². The van der Waals surface area contributed by atoms with Crippen LogP contribution < -0.4 is 24.3 Å². The smallest absolute Gasteiger partial charge is 0.227 e. The Balaban J connectivity index is 0.434. The number of nitrogens with zero attached hydrogens (tertiary/aromatic N) is 9. The van der Waals surface area contributed by atoms with Crippen LogP contribution in [0.15, 0.2) is 433 Å². The topological polar surface area (TPSA) is 99.8 Å². The molecular formula is C121H75N9O2S7. The molecule has 8 aromatic heterocycles. The van der Waals surface area contributed by atoms with Crippen molar-refractivity contribution in [2.75, 3.05) is 26.6 Å². The Morgan fingerprint density at radius 1 is 0.252 bits per heavy atom. The zero-order chi connectivity index (χ0) is 91.7. The second-order valence-corrected chi connectivity index (χ2v) is 41.7. The van der Waals surface area contributed by atoms with Gasteiger partial charge in [0.05, 0.1) is 46.6 Å². The molecule has 1 aliphatic heterocycles. The minimum absolute atomic E-state index is 0.355. The summed E-state index contributed by atoms with van der Waals surface area (Å²) in [7, 11) is 2.11. The summed E-state index contributed by atoms with van der Waals surface area (Å²) in [6.45, 7) is 0. The molecule has 0 N–H and O–H groups in total. The summed E-state index contributed by atoms with van der Waals surface area (Å²) in [6, 6.07) is 148. The van der Waals surface area contributed by atoms with E-state index in [1.807, 2.05) is 12.1 Å². The summed E-state index contributed by atoms with van der Waals surface area (Å²) in [5.74, 6) is 1.38. The summed E-state index contributed by atoms with van der Waals surface area (Å²) in [5, 5.41) is 14.2. The van der Waals surface area contributed by atoms with E-state index in [9.17, 15) is 0 Å². The minimum atomic E-state index is -0.355. The Kier molecular flexibility index (Phi) is 20.3. The zero-order valence-electron chi connectivity index (χ0n) is 74.3. The number of anilines is 10. The number of thiazole rings is 4. The maximum absolute atomic E-state index is 6.99. The molecule has 0 aliphatic carbocycles. The van der Waals surface area contributed by atoms with Crippen LogP contribution in [0.3, 0.4) is 0 Å². The first kappa shape index (κ1) is 82.3. The number of para-hydroxylation sites is 2. The average molecular weight is 1910 g/mol. The first-order valence-electron chi connectivity index (χ1n) is 45.9. The van der Waals surface area contributed by atoms with E-state index >= 15 is 0 Å². The lowest BCUT2D eigenvalue weighted by molar-refractivity contribution is 0.235. The van der Waals surface area contributed by atoms with E-state index in [1.54, 1.807) is 79.4 Å². The molecule has 26 aromatic rings. The van der Waals surface area contributed by atoms with Crippen LogP contribution in [-0.4, -0.2) is 32.0 Å². The van der Waals surface area contributed by atoms with Crippen LogP contribution in [0.25, 0.3) is 192 Å². The second-order valence-electron chi connectivity index (χ2n) is 34.8. The fourth-order valence-electron chi connectivity index (χ4n) is 19.2. The molecule has 0 saturated carbocycles. The number of ether oxygens (including phenoxy) is 1. The highest BCUT2D eigenvalue weighted by Gasteiger charge is 2.31. The molecule has 1 atom stereocenters. The first-order valence-corrected chi connectivity index (χ1v) is 51.8. The Labute approximate surface area is 827 Å². The number of thiophene rings is 3. The highest BCUT2D eigenvalue weighted by Crippen LogP contribution is 2.50. The predicted octanol–water partition coefficient (Wildman–Crippen LogP) is 36.5. The van der Waals surface area contributed by atoms with Crippen molar-refractivity contribution in [2.24, 2.45) is 0 Å². The Morgan fingerprint density at radius 2 is 0.604 bits per heavy atom. The van der Waals surface area contributed by atoms with E-state index in [-0.39, 0.29) is 6.23 Å². The molecule has 9 heterocycles. The molecule has 18 heteroatoms. The zero-order valence-corrected chi connectivity index (χ0v) is 80.0. The molecule has 0 bridgehead atoms. The summed E-state index contributed by atoms with van der Waals surface area (Å²) in [4.78, 5) is 34.7. The fourth-order valence-corrected chi connectivity index (χ4v) is 25.8. The Hall–Kier alpha value is -16.1.